The van der Waals surface area contributed by atoms with Gasteiger partial charge in [0.25, 0.3) is 5.91 Å². The van der Waals surface area contributed by atoms with Crippen LogP contribution in [0, 0.1) is 0 Å². The summed E-state index contributed by atoms with van der Waals surface area (Å²) in [5.74, 6) is 0.170. The van der Waals surface area contributed by atoms with Gasteiger partial charge in [-0.1, -0.05) is 80.0 Å². The van der Waals surface area contributed by atoms with Gasteiger partial charge in [-0.3, -0.25) is 9.59 Å². The molecule has 0 aliphatic heterocycles. The highest BCUT2D eigenvalue weighted by Gasteiger charge is 2.30. The third kappa shape index (κ3) is 8.15. The Morgan fingerprint density at radius 3 is 2.29 bits per heavy atom. The van der Waals surface area contributed by atoms with Crippen molar-refractivity contribution in [2.24, 2.45) is 0 Å². The number of halogens is 1. The molecule has 2 amide bonds. The summed E-state index contributed by atoms with van der Waals surface area (Å²) < 4.78 is 5.82. The predicted octanol–water partition coefficient (Wildman–Crippen LogP) is 5.45. The first kappa shape index (κ1) is 26.3. The lowest BCUT2D eigenvalue weighted by Gasteiger charge is -2.31. The van der Waals surface area contributed by atoms with Crippen molar-refractivity contribution in [2.75, 3.05) is 13.2 Å². The molecule has 0 radical (unpaired) electrons. The molecule has 3 aromatic carbocycles. The lowest BCUT2D eigenvalue weighted by molar-refractivity contribution is -0.142. The van der Waals surface area contributed by atoms with Crippen LogP contribution in [-0.4, -0.2) is 35.9 Å². The number of carbonyl (C=O) groups excluding carboxylic acids is 2. The van der Waals surface area contributed by atoms with E-state index >= 15 is 0 Å². The molecule has 184 valence electrons. The van der Waals surface area contributed by atoms with Crippen LogP contribution in [0.3, 0.4) is 0 Å². The largest absolute Gasteiger partial charge is 0.484 e. The van der Waals surface area contributed by atoms with E-state index in [-0.39, 0.29) is 25.0 Å². The van der Waals surface area contributed by atoms with Crippen molar-refractivity contribution >= 4 is 23.4 Å². The fraction of sp³-hybridized carbons (Fsp3) is 0.310. The highest BCUT2D eigenvalue weighted by atomic mass is 35.5. The molecule has 0 heterocycles. The zero-order chi connectivity index (χ0) is 25.0. The van der Waals surface area contributed by atoms with Crippen molar-refractivity contribution in [1.82, 2.24) is 10.2 Å². The van der Waals surface area contributed by atoms with Crippen LogP contribution >= 0.6 is 11.6 Å². The fourth-order valence-electron chi connectivity index (χ4n) is 3.80. The first-order valence-corrected chi connectivity index (χ1v) is 12.4. The van der Waals surface area contributed by atoms with Gasteiger partial charge < -0.3 is 15.0 Å². The molecular formula is C29H33ClN2O3. The zero-order valence-corrected chi connectivity index (χ0v) is 21.1. The summed E-state index contributed by atoms with van der Waals surface area (Å²) >= 11 is 6.21. The molecule has 0 aliphatic carbocycles. The van der Waals surface area contributed by atoms with Gasteiger partial charge in [-0.05, 0) is 53.8 Å². The average molecular weight is 493 g/mol. The second-order valence-electron chi connectivity index (χ2n) is 8.43. The van der Waals surface area contributed by atoms with Crippen molar-refractivity contribution in [1.29, 1.82) is 0 Å². The van der Waals surface area contributed by atoms with Crippen LogP contribution < -0.4 is 10.1 Å². The highest BCUT2D eigenvalue weighted by Crippen LogP contribution is 2.19. The van der Waals surface area contributed by atoms with Crippen LogP contribution in [0.2, 0.25) is 5.02 Å². The van der Waals surface area contributed by atoms with Crippen molar-refractivity contribution in [3.8, 4) is 5.75 Å². The van der Waals surface area contributed by atoms with Gasteiger partial charge in [0.05, 0.1) is 0 Å². The number of hydrogen-bond acceptors (Lipinski definition) is 3. The van der Waals surface area contributed by atoms with Crippen molar-refractivity contribution < 1.29 is 14.3 Å². The molecule has 3 rings (SSSR count). The number of aryl methyl sites for hydroxylation is 1. The molecular weight excluding hydrogens is 460 g/mol. The molecule has 0 bridgehead atoms. The number of amides is 2. The monoisotopic (exact) mass is 492 g/mol. The number of nitrogens with zero attached hydrogens (tertiary/aromatic N) is 1. The van der Waals surface area contributed by atoms with E-state index < -0.39 is 6.04 Å². The highest BCUT2D eigenvalue weighted by molar-refractivity contribution is 6.30. The third-order valence-corrected chi connectivity index (χ3v) is 5.99. The summed E-state index contributed by atoms with van der Waals surface area (Å²) in [5.41, 5.74) is 3.02. The van der Waals surface area contributed by atoms with Crippen molar-refractivity contribution in [3.63, 3.8) is 0 Å². The van der Waals surface area contributed by atoms with E-state index in [1.165, 1.54) is 5.56 Å². The maximum atomic E-state index is 13.5. The SMILES string of the molecule is CCCNC(=O)[C@H](Cc1ccccc1)N(Cc1cccc(Cl)c1)C(=O)COc1ccc(CC)cc1. The summed E-state index contributed by atoms with van der Waals surface area (Å²) in [6.07, 6.45) is 2.14. The Morgan fingerprint density at radius 2 is 1.63 bits per heavy atom. The Hall–Kier alpha value is -3.31. The number of carbonyl (C=O) groups is 2. The Labute approximate surface area is 213 Å². The maximum Gasteiger partial charge on any atom is 0.261 e. The molecule has 1 N–H and O–H groups in total. The molecule has 0 unspecified atom stereocenters. The quantitative estimate of drug-likeness (QED) is 0.366. The van der Waals surface area contributed by atoms with E-state index in [0.717, 1.165) is 24.0 Å². The minimum absolute atomic E-state index is 0.168. The molecule has 1 atom stereocenters. The van der Waals surface area contributed by atoms with E-state index in [1.54, 1.807) is 11.0 Å². The molecule has 0 spiro atoms. The number of nitrogens with one attached hydrogen (secondary N) is 1. The second-order valence-corrected chi connectivity index (χ2v) is 8.87. The van der Waals surface area contributed by atoms with Crippen LogP contribution in [0.5, 0.6) is 5.75 Å². The predicted molar refractivity (Wildman–Crippen MR) is 141 cm³/mol. The summed E-state index contributed by atoms with van der Waals surface area (Å²) in [5, 5.41) is 3.55. The summed E-state index contributed by atoms with van der Waals surface area (Å²) in [6.45, 7) is 4.71. The molecule has 35 heavy (non-hydrogen) atoms. The topological polar surface area (TPSA) is 58.6 Å². The van der Waals surface area contributed by atoms with Gasteiger partial charge in [-0.25, -0.2) is 0 Å². The summed E-state index contributed by atoms with van der Waals surface area (Å²) in [7, 11) is 0. The van der Waals surface area contributed by atoms with Crippen LogP contribution in [0.25, 0.3) is 0 Å². The van der Waals surface area contributed by atoms with Crippen LogP contribution in [0.15, 0.2) is 78.9 Å². The van der Waals surface area contributed by atoms with E-state index in [9.17, 15) is 9.59 Å². The summed E-state index contributed by atoms with van der Waals surface area (Å²) in [6, 6.07) is 24.1. The molecule has 0 fully saturated rings. The molecule has 6 heteroatoms. The number of rotatable bonds is 12. The van der Waals surface area contributed by atoms with Gasteiger partial charge in [-0.2, -0.15) is 0 Å². The van der Waals surface area contributed by atoms with E-state index in [4.69, 9.17) is 16.3 Å². The molecule has 5 nitrogen and oxygen atoms in total. The Balaban J connectivity index is 1.87. The fourth-order valence-corrected chi connectivity index (χ4v) is 4.01. The second kappa shape index (κ2) is 13.5. The van der Waals surface area contributed by atoms with Gasteiger partial charge in [0.1, 0.15) is 11.8 Å². The third-order valence-electron chi connectivity index (χ3n) is 5.76. The molecule has 3 aromatic rings. The lowest BCUT2D eigenvalue weighted by atomic mass is 10.0. The lowest BCUT2D eigenvalue weighted by Crippen LogP contribution is -2.51. The van der Waals surface area contributed by atoms with Crippen molar-refractivity contribution in [2.45, 2.75) is 45.7 Å². The van der Waals surface area contributed by atoms with Crippen LogP contribution in [-0.2, 0) is 29.0 Å². The molecule has 0 aromatic heterocycles. The minimum Gasteiger partial charge on any atom is -0.484 e. The first-order valence-electron chi connectivity index (χ1n) is 12.1. The van der Waals surface area contributed by atoms with Crippen molar-refractivity contribution in [3.05, 3.63) is 101 Å². The zero-order valence-electron chi connectivity index (χ0n) is 20.4. The van der Waals surface area contributed by atoms with E-state index in [1.807, 2.05) is 79.7 Å². The number of benzene rings is 3. The maximum absolute atomic E-state index is 13.5. The minimum atomic E-state index is -0.693. The average Bonchev–Trinajstić information content (AvgIpc) is 2.88. The smallest absolute Gasteiger partial charge is 0.261 e. The van der Waals surface area contributed by atoms with Gasteiger partial charge in [0.2, 0.25) is 5.91 Å². The van der Waals surface area contributed by atoms with E-state index in [0.29, 0.717) is 23.7 Å². The van der Waals surface area contributed by atoms with Crippen LogP contribution in [0.4, 0.5) is 0 Å². The van der Waals surface area contributed by atoms with Crippen LogP contribution in [0.1, 0.15) is 37.0 Å². The summed E-state index contributed by atoms with van der Waals surface area (Å²) in [4.78, 5) is 28.4. The van der Waals surface area contributed by atoms with Gasteiger partial charge in [0.15, 0.2) is 6.61 Å². The van der Waals surface area contributed by atoms with Gasteiger partial charge in [-0.15, -0.1) is 0 Å². The Bertz CT molecular complexity index is 1090. The normalized spacial score (nSPS) is 11.5. The molecule has 0 aliphatic rings. The van der Waals surface area contributed by atoms with Gasteiger partial charge in [0, 0.05) is 24.5 Å². The standard InChI is InChI=1S/C29H33ClN2O3/c1-3-17-31-29(34)27(19-23-9-6-5-7-10-23)32(20-24-11-8-12-25(30)18-24)28(33)21-35-26-15-13-22(4-2)14-16-26/h5-16,18,27H,3-4,17,19-21H2,1-2H3,(H,31,34)/t27-/m0/s1. The first-order chi connectivity index (χ1) is 17.0. The molecule has 0 saturated heterocycles. The molecule has 0 saturated carbocycles. The Kier molecular flexibility index (Phi) is 10.2. The van der Waals surface area contributed by atoms with Gasteiger partial charge >= 0.3 is 0 Å². The number of ether oxygens (including phenoxy) is 1. The van der Waals surface area contributed by atoms with E-state index in [2.05, 4.69) is 12.2 Å². The Morgan fingerprint density at radius 1 is 0.914 bits per heavy atom. The number of hydrogen-bond donors (Lipinski definition) is 1.